The number of pyridine rings is 1. The molecule has 0 bridgehead atoms. The van der Waals surface area contributed by atoms with Crippen LogP contribution in [-0.4, -0.2) is 21.3 Å². The maximum Gasteiger partial charge on any atom is 0.109 e. The van der Waals surface area contributed by atoms with E-state index in [4.69, 9.17) is 4.98 Å². The Kier molecular flexibility index (Phi) is 2.77. The van der Waals surface area contributed by atoms with Crippen LogP contribution >= 0.6 is 0 Å². The molecule has 0 amide bonds. The Morgan fingerprint density at radius 3 is 2.58 bits per heavy atom. The number of aromatic nitrogens is 1. The van der Waals surface area contributed by atoms with Crippen molar-refractivity contribution in [1.82, 2.24) is 4.98 Å². The molecule has 24 heavy (non-hydrogen) atoms. The zero-order chi connectivity index (χ0) is 16.3. The van der Waals surface area contributed by atoms with E-state index in [9.17, 15) is 10.2 Å². The van der Waals surface area contributed by atoms with Crippen LogP contribution in [0.15, 0.2) is 60.7 Å². The molecule has 0 fully saturated rings. The highest BCUT2D eigenvalue weighted by atomic mass is 16.3. The van der Waals surface area contributed by atoms with Crippen LogP contribution in [0.3, 0.4) is 0 Å². The maximum atomic E-state index is 10.2. The second-order valence-electron chi connectivity index (χ2n) is 6.28. The Balaban J connectivity index is 1.89. The van der Waals surface area contributed by atoms with E-state index in [1.54, 1.807) is 6.08 Å². The fourth-order valence-electron chi connectivity index (χ4n) is 3.61. The second-order valence-corrected chi connectivity index (χ2v) is 6.28. The van der Waals surface area contributed by atoms with E-state index in [1.165, 1.54) is 5.39 Å². The van der Waals surface area contributed by atoms with Gasteiger partial charge < -0.3 is 10.2 Å². The summed E-state index contributed by atoms with van der Waals surface area (Å²) in [4.78, 5) is 4.88. The van der Waals surface area contributed by atoms with Gasteiger partial charge in [0.05, 0.1) is 11.0 Å². The molecule has 3 nitrogen and oxygen atoms in total. The lowest BCUT2D eigenvalue weighted by Crippen LogP contribution is -2.19. The second kappa shape index (κ2) is 4.87. The molecule has 0 saturated carbocycles. The first-order valence-electron chi connectivity index (χ1n) is 8.02. The van der Waals surface area contributed by atoms with Gasteiger partial charge in [-0.15, -0.1) is 0 Å². The molecule has 4 aromatic rings. The number of aliphatic hydroxyl groups excluding tert-OH is 2. The Morgan fingerprint density at radius 1 is 0.833 bits per heavy atom. The van der Waals surface area contributed by atoms with Gasteiger partial charge in [0.1, 0.15) is 12.2 Å². The number of fused-ring (bicyclic) bond motifs is 6. The molecule has 0 unspecified atom stereocenters. The molecule has 0 saturated heterocycles. The van der Waals surface area contributed by atoms with Crippen LogP contribution in [0.1, 0.15) is 17.2 Å². The SMILES string of the molecule is O[C@@H]1C=Cc2c(ccc3nc4c(ccc5ccccc54)cc23)[C@H]1O. The first-order valence-corrected chi connectivity index (χ1v) is 8.02. The Labute approximate surface area is 138 Å². The van der Waals surface area contributed by atoms with E-state index in [0.717, 1.165) is 38.3 Å². The summed E-state index contributed by atoms with van der Waals surface area (Å²) < 4.78 is 0. The quantitative estimate of drug-likeness (QED) is 0.381. The minimum absolute atomic E-state index is 0.749. The largest absolute Gasteiger partial charge is 0.386 e. The van der Waals surface area contributed by atoms with Crippen molar-refractivity contribution >= 4 is 38.7 Å². The van der Waals surface area contributed by atoms with Crippen LogP contribution in [0, 0.1) is 0 Å². The van der Waals surface area contributed by atoms with Gasteiger partial charge in [0.25, 0.3) is 0 Å². The Bertz CT molecular complexity index is 1150. The zero-order valence-corrected chi connectivity index (χ0v) is 12.8. The van der Waals surface area contributed by atoms with Gasteiger partial charge in [0, 0.05) is 16.2 Å². The third-order valence-corrected chi connectivity index (χ3v) is 4.86. The molecule has 0 radical (unpaired) electrons. The van der Waals surface area contributed by atoms with E-state index in [0.29, 0.717) is 0 Å². The van der Waals surface area contributed by atoms with Crippen molar-refractivity contribution in [3.63, 3.8) is 0 Å². The summed E-state index contributed by atoms with van der Waals surface area (Å²) in [6.45, 7) is 0. The summed E-state index contributed by atoms with van der Waals surface area (Å²) in [5, 5.41) is 24.4. The topological polar surface area (TPSA) is 53.4 Å². The number of hydrogen-bond acceptors (Lipinski definition) is 3. The summed E-state index contributed by atoms with van der Waals surface area (Å²) >= 11 is 0. The summed E-state index contributed by atoms with van der Waals surface area (Å²) in [6.07, 6.45) is 1.77. The summed E-state index contributed by atoms with van der Waals surface area (Å²) in [5.74, 6) is 0. The van der Waals surface area contributed by atoms with Crippen LogP contribution in [0.2, 0.25) is 0 Å². The first kappa shape index (κ1) is 13.7. The fourth-order valence-corrected chi connectivity index (χ4v) is 3.61. The number of hydrogen-bond donors (Lipinski definition) is 2. The molecule has 0 aliphatic heterocycles. The number of benzene rings is 3. The van der Waals surface area contributed by atoms with Crippen molar-refractivity contribution in [2.45, 2.75) is 12.2 Å². The van der Waals surface area contributed by atoms with Crippen LogP contribution in [0.5, 0.6) is 0 Å². The number of rotatable bonds is 0. The van der Waals surface area contributed by atoms with Gasteiger partial charge in [-0.25, -0.2) is 4.98 Å². The highest BCUT2D eigenvalue weighted by Crippen LogP contribution is 2.35. The minimum Gasteiger partial charge on any atom is -0.386 e. The molecule has 1 aliphatic carbocycles. The fraction of sp³-hybridized carbons (Fsp3) is 0.0952. The molecule has 116 valence electrons. The van der Waals surface area contributed by atoms with Crippen molar-refractivity contribution < 1.29 is 10.2 Å². The van der Waals surface area contributed by atoms with E-state index in [-0.39, 0.29) is 0 Å². The molecule has 0 spiro atoms. The van der Waals surface area contributed by atoms with E-state index >= 15 is 0 Å². The molecular weight excluding hydrogens is 298 g/mol. The van der Waals surface area contributed by atoms with Crippen molar-refractivity contribution in [2.24, 2.45) is 0 Å². The molecule has 2 atom stereocenters. The van der Waals surface area contributed by atoms with Gasteiger partial charge in [0.2, 0.25) is 0 Å². The molecule has 1 heterocycles. The van der Waals surface area contributed by atoms with Gasteiger partial charge in [-0.05, 0) is 28.6 Å². The van der Waals surface area contributed by atoms with Crippen LogP contribution in [0.4, 0.5) is 0 Å². The average molecular weight is 313 g/mol. The predicted octanol–water partition coefficient (Wildman–Crippen LogP) is 3.96. The van der Waals surface area contributed by atoms with Gasteiger partial charge in [-0.2, -0.15) is 0 Å². The number of aliphatic hydroxyl groups is 2. The Morgan fingerprint density at radius 2 is 1.67 bits per heavy atom. The third-order valence-electron chi connectivity index (χ3n) is 4.86. The van der Waals surface area contributed by atoms with Gasteiger partial charge in [0.15, 0.2) is 0 Å². The van der Waals surface area contributed by atoms with Crippen LogP contribution < -0.4 is 0 Å². The monoisotopic (exact) mass is 313 g/mol. The van der Waals surface area contributed by atoms with Crippen LogP contribution in [0.25, 0.3) is 38.7 Å². The highest BCUT2D eigenvalue weighted by molar-refractivity contribution is 6.09. The van der Waals surface area contributed by atoms with Crippen molar-refractivity contribution in [2.75, 3.05) is 0 Å². The van der Waals surface area contributed by atoms with Crippen molar-refractivity contribution in [3.8, 4) is 0 Å². The van der Waals surface area contributed by atoms with E-state index in [1.807, 2.05) is 30.3 Å². The Hall–Kier alpha value is -2.75. The molecule has 5 rings (SSSR count). The lowest BCUT2D eigenvalue weighted by Gasteiger charge is -2.23. The average Bonchev–Trinajstić information content (AvgIpc) is 2.63. The highest BCUT2D eigenvalue weighted by Gasteiger charge is 2.23. The first-order chi connectivity index (χ1) is 11.7. The lowest BCUT2D eigenvalue weighted by atomic mass is 9.89. The standard InChI is InChI=1S/C21H15NO2/c23-19-10-8-15-16(21(19)24)7-9-18-17(15)11-13-6-5-12-3-1-2-4-14(12)20(13)22-18/h1-11,19,21,23-24H/t19-,21-/m1/s1. The summed E-state index contributed by atoms with van der Waals surface area (Å²) in [5.41, 5.74) is 3.57. The molecule has 2 N–H and O–H groups in total. The molecular formula is C21H15NO2. The smallest absolute Gasteiger partial charge is 0.109 e. The molecule has 3 aromatic carbocycles. The summed E-state index contributed by atoms with van der Waals surface area (Å²) in [6, 6.07) is 18.3. The van der Waals surface area contributed by atoms with Crippen molar-refractivity contribution in [3.05, 3.63) is 71.8 Å². The maximum absolute atomic E-state index is 10.2. The van der Waals surface area contributed by atoms with Crippen LogP contribution in [-0.2, 0) is 0 Å². The predicted molar refractivity (Wildman–Crippen MR) is 96.8 cm³/mol. The normalized spacial score (nSPS) is 19.9. The number of nitrogens with zero attached hydrogens (tertiary/aromatic N) is 1. The molecule has 3 heteroatoms. The van der Waals surface area contributed by atoms with E-state index in [2.05, 4.69) is 30.3 Å². The van der Waals surface area contributed by atoms with Gasteiger partial charge >= 0.3 is 0 Å². The van der Waals surface area contributed by atoms with Crippen molar-refractivity contribution in [1.29, 1.82) is 0 Å². The van der Waals surface area contributed by atoms with Gasteiger partial charge in [-0.3, -0.25) is 0 Å². The minimum atomic E-state index is -0.887. The molecule has 1 aromatic heterocycles. The van der Waals surface area contributed by atoms with E-state index < -0.39 is 12.2 Å². The summed E-state index contributed by atoms with van der Waals surface area (Å²) in [7, 11) is 0. The zero-order valence-electron chi connectivity index (χ0n) is 12.8. The third kappa shape index (κ3) is 1.83. The van der Waals surface area contributed by atoms with Gasteiger partial charge in [-0.1, -0.05) is 54.6 Å². The molecule has 1 aliphatic rings. The lowest BCUT2D eigenvalue weighted by molar-refractivity contribution is 0.0471.